The van der Waals surface area contributed by atoms with Crippen molar-refractivity contribution in [3.63, 3.8) is 0 Å². The smallest absolute Gasteiger partial charge is 0.182 e. The molecule has 0 saturated carbocycles. The Morgan fingerprint density at radius 3 is 2.29 bits per heavy atom. The monoisotopic (exact) mass is 387 g/mol. The number of aryl methyl sites for hydroxylation is 2. The molecule has 3 aromatic heterocycles. The van der Waals surface area contributed by atoms with Crippen LogP contribution >= 0.6 is 11.6 Å². The van der Waals surface area contributed by atoms with Crippen LogP contribution in [0.1, 0.15) is 16.8 Å². The molecule has 5 nitrogen and oxygen atoms in total. The molecular formula is C22H18ClN5. The number of aromatic nitrogens is 5. The summed E-state index contributed by atoms with van der Waals surface area (Å²) in [6.45, 7) is 6.32. The molecular weight excluding hydrogens is 370 g/mol. The van der Waals surface area contributed by atoms with Gasteiger partial charge in [0.05, 0.1) is 5.39 Å². The third-order valence-corrected chi connectivity index (χ3v) is 5.48. The fourth-order valence-electron chi connectivity index (χ4n) is 3.59. The average Bonchev–Trinajstić information content (AvgIpc) is 3.23. The number of rotatable bonds is 2. The number of benzene rings is 2. The first-order valence-electron chi connectivity index (χ1n) is 9.09. The molecule has 6 heteroatoms. The van der Waals surface area contributed by atoms with Gasteiger partial charge in [0.2, 0.25) is 0 Å². The third-order valence-electron chi connectivity index (χ3n) is 5.23. The van der Waals surface area contributed by atoms with E-state index >= 15 is 0 Å². The molecule has 138 valence electrons. The molecule has 0 radical (unpaired) electrons. The molecule has 0 amide bonds. The highest BCUT2D eigenvalue weighted by Gasteiger charge is 2.19. The summed E-state index contributed by atoms with van der Waals surface area (Å²) in [5.41, 5.74) is 7.25. The first kappa shape index (κ1) is 17.0. The Bertz CT molecular complexity index is 1330. The SMILES string of the molecule is Cc1ccc(-n2c(C)c(C)c3c2ncn2nc(-c4ccc(Cl)cc4)nc32)cc1. The van der Waals surface area contributed by atoms with Crippen LogP contribution in [0, 0.1) is 20.8 Å². The number of fused-ring (bicyclic) bond motifs is 3. The van der Waals surface area contributed by atoms with Crippen molar-refractivity contribution >= 4 is 28.3 Å². The fraction of sp³-hybridized carbons (Fsp3) is 0.136. The summed E-state index contributed by atoms with van der Waals surface area (Å²) in [6, 6.07) is 16.0. The first-order valence-corrected chi connectivity index (χ1v) is 9.46. The normalized spacial score (nSPS) is 11.6. The molecule has 3 heterocycles. The van der Waals surface area contributed by atoms with Crippen molar-refractivity contribution in [2.75, 3.05) is 0 Å². The maximum Gasteiger partial charge on any atom is 0.182 e. The Morgan fingerprint density at radius 2 is 1.57 bits per heavy atom. The van der Waals surface area contributed by atoms with Crippen LogP contribution in [0.25, 0.3) is 33.8 Å². The number of nitrogens with zero attached hydrogens (tertiary/aromatic N) is 5. The van der Waals surface area contributed by atoms with Crippen molar-refractivity contribution < 1.29 is 0 Å². The maximum atomic E-state index is 6.01. The molecule has 5 aromatic rings. The van der Waals surface area contributed by atoms with Crippen LogP contribution in [0.2, 0.25) is 5.02 Å². The lowest BCUT2D eigenvalue weighted by Crippen LogP contribution is -1.99. The zero-order valence-corrected chi connectivity index (χ0v) is 16.6. The molecule has 0 N–H and O–H groups in total. The van der Waals surface area contributed by atoms with Gasteiger partial charge in [-0.25, -0.2) is 14.5 Å². The molecule has 2 aromatic carbocycles. The summed E-state index contributed by atoms with van der Waals surface area (Å²) < 4.78 is 3.93. The van der Waals surface area contributed by atoms with Crippen LogP contribution < -0.4 is 0 Å². The molecule has 0 aliphatic heterocycles. The second-order valence-electron chi connectivity index (χ2n) is 7.04. The van der Waals surface area contributed by atoms with Gasteiger partial charge in [-0.1, -0.05) is 29.3 Å². The minimum absolute atomic E-state index is 0.658. The van der Waals surface area contributed by atoms with E-state index in [0.717, 1.165) is 39.2 Å². The average molecular weight is 388 g/mol. The second-order valence-corrected chi connectivity index (χ2v) is 7.47. The van der Waals surface area contributed by atoms with Crippen molar-refractivity contribution in [3.8, 4) is 17.1 Å². The Labute approximate surface area is 167 Å². The summed E-state index contributed by atoms with van der Waals surface area (Å²) >= 11 is 6.01. The van der Waals surface area contributed by atoms with Crippen LogP contribution in [0.15, 0.2) is 54.9 Å². The van der Waals surface area contributed by atoms with E-state index in [9.17, 15) is 0 Å². The van der Waals surface area contributed by atoms with Gasteiger partial charge >= 0.3 is 0 Å². The maximum absolute atomic E-state index is 6.01. The van der Waals surface area contributed by atoms with E-state index < -0.39 is 0 Å². The van der Waals surface area contributed by atoms with Gasteiger partial charge in [-0.2, -0.15) is 0 Å². The summed E-state index contributed by atoms with van der Waals surface area (Å²) in [5.74, 6) is 0.658. The lowest BCUT2D eigenvalue weighted by molar-refractivity contribution is 0.927. The second kappa shape index (κ2) is 6.17. The molecule has 0 aliphatic rings. The molecule has 0 atom stereocenters. The largest absolute Gasteiger partial charge is 0.298 e. The minimum Gasteiger partial charge on any atom is -0.298 e. The lowest BCUT2D eigenvalue weighted by atomic mass is 10.2. The van der Waals surface area contributed by atoms with Gasteiger partial charge in [0.1, 0.15) is 6.33 Å². The highest BCUT2D eigenvalue weighted by atomic mass is 35.5. The fourth-order valence-corrected chi connectivity index (χ4v) is 3.72. The quantitative estimate of drug-likeness (QED) is 0.412. The number of hydrogen-bond donors (Lipinski definition) is 0. The lowest BCUT2D eigenvalue weighted by Gasteiger charge is -2.08. The van der Waals surface area contributed by atoms with Crippen molar-refractivity contribution in [3.05, 3.63) is 76.7 Å². The molecule has 28 heavy (non-hydrogen) atoms. The minimum atomic E-state index is 0.658. The van der Waals surface area contributed by atoms with Crippen LogP contribution in [0.4, 0.5) is 0 Å². The molecule has 0 unspecified atom stereocenters. The third kappa shape index (κ3) is 2.51. The van der Waals surface area contributed by atoms with E-state index in [1.165, 1.54) is 5.56 Å². The van der Waals surface area contributed by atoms with Crippen molar-refractivity contribution in [2.45, 2.75) is 20.8 Å². The van der Waals surface area contributed by atoms with Crippen molar-refractivity contribution in [2.24, 2.45) is 0 Å². The van der Waals surface area contributed by atoms with Crippen LogP contribution in [0.5, 0.6) is 0 Å². The van der Waals surface area contributed by atoms with E-state index in [1.807, 2.05) is 24.3 Å². The van der Waals surface area contributed by atoms with Crippen LogP contribution in [0.3, 0.4) is 0 Å². The van der Waals surface area contributed by atoms with Gasteiger partial charge in [0, 0.05) is 22.0 Å². The molecule has 0 spiro atoms. The van der Waals surface area contributed by atoms with E-state index in [4.69, 9.17) is 21.6 Å². The van der Waals surface area contributed by atoms with Crippen LogP contribution in [-0.4, -0.2) is 24.1 Å². The highest BCUT2D eigenvalue weighted by Crippen LogP contribution is 2.30. The highest BCUT2D eigenvalue weighted by molar-refractivity contribution is 6.30. The first-order chi connectivity index (χ1) is 13.5. The number of hydrogen-bond acceptors (Lipinski definition) is 3. The summed E-state index contributed by atoms with van der Waals surface area (Å²) in [5, 5.41) is 6.33. The van der Waals surface area contributed by atoms with E-state index in [-0.39, 0.29) is 0 Å². The van der Waals surface area contributed by atoms with Gasteiger partial charge in [0.25, 0.3) is 0 Å². The summed E-state index contributed by atoms with van der Waals surface area (Å²) in [4.78, 5) is 9.53. The van der Waals surface area contributed by atoms with Crippen molar-refractivity contribution in [1.29, 1.82) is 0 Å². The predicted octanol–water partition coefficient (Wildman–Crippen LogP) is 5.31. The predicted molar refractivity (Wildman–Crippen MR) is 112 cm³/mol. The van der Waals surface area contributed by atoms with Gasteiger partial charge in [-0.3, -0.25) is 4.57 Å². The molecule has 0 bridgehead atoms. The van der Waals surface area contributed by atoms with E-state index in [2.05, 4.69) is 54.7 Å². The molecule has 0 fully saturated rings. The van der Waals surface area contributed by atoms with Gasteiger partial charge in [0.15, 0.2) is 17.1 Å². The van der Waals surface area contributed by atoms with Crippen LogP contribution in [-0.2, 0) is 0 Å². The molecule has 5 rings (SSSR count). The van der Waals surface area contributed by atoms with E-state index in [1.54, 1.807) is 10.8 Å². The van der Waals surface area contributed by atoms with Gasteiger partial charge in [-0.05, 0) is 62.7 Å². The zero-order chi connectivity index (χ0) is 19.4. The topological polar surface area (TPSA) is 48.0 Å². The molecule has 0 saturated heterocycles. The molecule has 0 aliphatic carbocycles. The Kier molecular flexibility index (Phi) is 3.74. The summed E-state index contributed by atoms with van der Waals surface area (Å²) in [6.07, 6.45) is 1.73. The Hall–Kier alpha value is -3.18. The number of halogens is 1. The van der Waals surface area contributed by atoms with Gasteiger partial charge in [-0.15, -0.1) is 5.10 Å². The Morgan fingerprint density at radius 1 is 0.857 bits per heavy atom. The standard InChI is InChI=1S/C22H18ClN5/c1-13-4-10-18(11-5-13)28-15(3)14(2)19-21(28)24-12-27-22(19)25-20(26-27)16-6-8-17(23)9-7-16/h4-12H,1-3H3. The van der Waals surface area contributed by atoms with Crippen molar-refractivity contribution in [1.82, 2.24) is 24.1 Å². The van der Waals surface area contributed by atoms with Gasteiger partial charge < -0.3 is 0 Å². The van der Waals surface area contributed by atoms with E-state index in [0.29, 0.717) is 10.8 Å². The summed E-state index contributed by atoms with van der Waals surface area (Å²) in [7, 11) is 0. The zero-order valence-electron chi connectivity index (χ0n) is 15.8. The Balaban J connectivity index is 1.77.